The van der Waals surface area contributed by atoms with Crippen LogP contribution < -0.4 is 16.0 Å². The maximum atomic E-state index is 11.8. The normalized spacial score (nSPS) is 11.8. The van der Waals surface area contributed by atoms with E-state index in [9.17, 15) is 4.79 Å². The molecule has 144 valence electrons. The number of amides is 1. The molecule has 0 fully saturated rings. The number of para-hydroxylation sites is 1. The fourth-order valence-electron chi connectivity index (χ4n) is 2.74. The van der Waals surface area contributed by atoms with Gasteiger partial charge in [0.2, 0.25) is 5.91 Å². The second kappa shape index (κ2) is 10.4. The van der Waals surface area contributed by atoms with Crippen LogP contribution in [0, 0.1) is 5.41 Å². The average molecular weight is 471 g/mol. The number of nitrogens with one attached hydrogen (secondary N) is 3. The molecule has 0 radical (unpaired) electrons. The number of hydrogen-bond acceptors (Lipinski definition) is 2. The molecule has 0 aliphatic heterocycles. The van der Waals surface area contributed by atoms with Crippen molar-refractivity contribution in [1.82, 2.24) is 20.5 Å². The fraction of sp³-hybridized carbons (Fsp3) is 0.474. The van der Waals surface area contributed by atoms with Crippen molar-refractivity contribution < 1.29 is 4.79 Å². The van der Waals surface area contributed by atoms with Gasteiger partial charge in [0.05, 0.1) is 5.41 Å². The molecule has 0 aliphatic carbocycles. The van der Waals surface area contributed by atoms with Gasteiger partial charge in [-0.05, 0) is 37.8 Å². The summed E-state index contributed by atoms with van der Waals surface area (Å²) in [6.45, 7) is 6.09. The number of benzene rings is 1. The molecule has 1 aromatic heterocycles. The predicted octanol–water partition coefficient (Wildman–Crippen LogP) is 2.59. The number of aryl methyl sites for hydroxylation is 1. The quantitative estimate of drug-likeness (QED) is 0.252. The maximum Gasteiger partial charge on any atom is 0.227 e. The van der Waals surface area contributed by atoms with Crippen LogP contribution in [0.1, 0.15) is 20.3 Å². The molecule has 2 aromatic rings. The monoisotopic (exact) mass is 471 g/mol. The first-order valence-electron chi connectivity index (χ1n) is 8.68. The third-order valence-corrected chi connectivity index (χ3v) is 4.31. The van der Waals surface area contributed by atoms with Crippen molar-refractivity contribution in [2.75, 3.05) is 27.2 Å². The number of aliphatic imine (C=N–C) groups is 1. The topological polar surface area (TPSA) is 70.5 Å². The molecular formula is C19H30IN5O. The summed E-state index contributed by atoms with van der Waals surface area (Å²) in [7, 11) is 3.39. The van der Waals surface area contributed by atoms with Crippen LogP contribution in [0.4, 0.5) is 0 Å². The standard InChI is InChI=1S/C19H29N5O.HI/c1-19(2,17(25)20-3)14-23-18(21-4)22-11-7-12-24-13-10-15-8-5-6-9-16(15)24;/h5-6,8-10,13H,7,11-12,14H2,1-4H3,(H,20,25)(H2,21,22,23);1H. The van der Waals surface area contributed by atoms with Crippen molar-refractivity contribution in [2.24, 2.45) is 10.4 Å². The van der Waals surface area contributed by atoms with E-state index in [1.54, 1.807) is 14.1 Å². The molecule has 0 unspecified atom stereocenters. The summed E-state index contributed by atoms with van der Waals surface area (Å²) < 4.78 is 2.27. The fourth-order valence-corrected chi connectivity index (χ4v) is 2.74. The molecule has 2 rings (SSSR count). The Morgan fingerprint density at radius 1 is 1.19 bits per heavy atom. The highest BCUT2D eigenvalue weighted by Crippen LogP contribution is 2.15. The van der Waals surface area contributed by atoms with E-state index in [1.807, 2.05) is 13.8 Å². The second-order valence-electron chi connectivity index (χ2n) is 6.74. The SMILES string of the molecule is CN=C(NCCCn1ccc2ccccc21)NCC(C)(C)C(=O)NC.I. The number of hydrogen-bond donors (Lipinski definition) is 3. The lowest BCUT2D eigenvalue weighted by atomic mass is 9.92. The Kier molecular flexibility index (Phi) is 8.91. The van der Waals surface area contributed by atoms with Crippen LogP contribution in [-0.4, -0.2) is 43.6 Å². The molecule has 0 spiro atoms. The van der Waals surface area contributed by atoms with Crippen molar-refractivity contribution in [2.45, 2.75) is 26.8 Å². The van der Waals surface area contributed by atoms with Gasteiger partial charge in [0.15, 0.2) is 5.96 Å². The summed E-state index contributed by atoms with van der Waals surface area (Å²) in [6.07, 6.45) is 3.11. The Labute approximate surface area is 172 Å². The Bertz CT molecular complexity index is 738. The van der Waals surface area contributed by atoms with Crippen LogP contribution in [0.3, 0.4) is 0 Å². The maximum absolute atomic E-state index is 11.8. The predicted molar refractivity (Wildman–Crippen MR) is 119 cm³/mol. The third-order valence-electron chi connectivity index (χ3n) is 4.31. The van der Waals surface area contributed by atoms with Crippen molar-refractivity contribution >= 4 is 46.7 Å². The number of nitrogens with zero attached hydrogens (tertiary/aromatic N) is 2. The van der Waals surface area contributed by atoms with E-state index in [0.29, 0.717) is 12.5 Å². The molecule has 6 nitrogen and oxygen atoms in total. The van der Waals surface area contributed by atoms with E-state index >= 15 is 0 Å². The zero-order valence-electron chi connectivity index (χ0n) is 16.0. The second-order valence-corrected chi connectivity index (χ2v) is 6.74. The van der Waals surface area contributed by atoms with Crippen LogP contribution in [0.15, 0.2) is 41.5 Å². The summed E-state index contributed by atoms with van der Waals surface area (Å²) in [5, 5.41) is 10.5. The molecule has 1 heterocycles. The van der Waals surface area contributed by atoms with E-state index in [4.69, 9.17) is 0 Å². The Morgan fingerprint density at radius 3 is 2.62 bits per heavy atom. The highest BCUT2D eigenvalue weighted by Gasteiger charge is 2.26. The van der Waals surface area contributed by atoms with Gasteiger partial charge in [0.25, 0.3) is 0 Å². The number of carbonyl (C=O) groups is 1. The highest BCUT2D eigenvalue weighted by molar-refractivity contribution is 14.0. The molecule has 26 heavy (non-hydrogen) atoms. The molecule has 0 atom stereocenters. The van der Waals surface area contributed by atoms with Crippen LogP contribution >= 0.6 is 24.0 Å². The Balaban J connectivity index is 0.00000338. The molecule has 1 aromatic carbocycles. The third kappa shape index (κ3) is 5.89. The zero-order chi connectivity index (χ0) is 18.3. The molecule has 7 heteroatoms. The van der Waals surface area contributed by atoms with Gasteiger partial charge in [-0.2, -0.15) is 0 Å². The van der Waals surface area contributed by atoms with E-state index in [0.717, 1.165) is 19.5 Å². The first-order valence-corrected chi connectivity index (χ1v) is 8.68. The number of fused-ring (bicyclic) bond motifs is 1. The first-order chi connectivity index (χ1) is 12.0. The lowest BCUT2D eigenvalue weighted by Gasteiger charge is -2.24. The van der Waals surface area contributed by atoms with E-state index in [2.05, 4.69) is 62.0 Å². The molecule has 3 N–H and O–H groups in total. The summed E-state index contributed by atoms with van der Waals surface area (Å²) in [4.78, 5) is 16.0. The van der Waals surface area contributed by atoms with Crippen molar-refractivity contribution in [3.05, 3.63) is 36.5 Å². The lowest BCUT2D eigenvalue weighted by molar-refractivity contribution is -0.128. The van der Waals surface area contributed by atoms with Gasteiger partial charge in [0.1, 0.15) is 0 Å². The van der Waals surface area contributed by atoms with Crippen LogP contribution in [0.5, 0.6) is 0 Å². The minimum Gasteiger partial charge on any atom is -0.359 e. The molecule has 0 bridgehead atoms. The van der Waals surface area contributed by atoms with E-state index in [1.165, 1.54) is 10.9 Å². The first kappa shape index (κ1) is 22.3. The molecule has 0 saturated carbocycles. The van der Waals surface area contributed by atoms with Gasteiger partial charge in [-0.3, -0.25) is 9.79 Å². The molecule has 0 aliphatic rings. The summed E-state index contributed by atoms with van der Waals surface area (Å²) in [6, 6.07) is 10.5. The van der Waals surface area contributed by atoms with Gasteiger partial charge in [0, 0.05) is 45.4 Å². The molecule has 1 amide bonds. The molecule has 0 saturated heterocycles. The average Bonchev–Trinajstić information content (AvgIpc) is 3.03. The van der Waals surface area contributed by atoms with Crippen LogP contribution in [0.2, 0.25) is 0 Å². The number of rotatable bonds is 7. The van der Waals surface area contributed by atoms with E-state index < -0.39 is 5.41 Å². The van der Waals surface area contributed by atoms with Gasteiger partial charge >= 0.3 is 0 Å². The Hall–Kier alpha value is -1.77. The minimum absolute atomic E-state index is 0. The van der Waals surface area contributed by atoms with Crippen molar-refractivity contribution in [3.63, 3.8) is 0 Å². The number of carbonyl (C=O) groups excluding carboxylic acids is 1. The zero-order valence-corrected chi connectivity index (χ0v) is 18.3. The number of halogens is 1. The largest absolute Gasteiger partial charge is 0.359 e. The van der Waals surface area contributed by atoms with Crippen LogP contribution in [-0.2, 0) is 11.3 Å². The van der Waals surface area contributed by atoms with Gasteiger partial charge in [-0.1, -0.05) is 18.2 Å². The van der Waals surface area contributed by atoms with Gasteiger partial charge < -0.3 is 20.5 Å². The highest BCUT2D eigenvalue weighted by atomic mass is 127. The lowest BCUT2D eigenvalue weighted by Crippen LogP contribution is -2.47. The number of guanidine groups is 1. The van der Waals surface area contributed by atoms with Crippen molar-refractivity contribution in [1.29, 1.82) is 0 Å². The van der Waals surface area contributed by atoms with Crippen molar-refractivity contribution in [3.8, 4) is 0 Å². The van der Waals surface area contributed by atoms with Gasteiger partial charge in [-0.25, -0.2) is 0 Å². The summed E-state index contributed by atoms with van der Waals surface area (Å²) >= 11 is 0. The Morgan fingerprint density at radius 2 is 1.92 bits per heavy atom. The van der Waals surface area contributed by atoms with E-state index in [-0.39, 0.29) is 29.9 Å². The van der Waals surface area contributed by atoms with Crippen LogP contribution in [0.25, 0.3) is 10.9 Å². The molecular weight excluding hydrogens is 441 g/mol. The van der Waals surface area contributed by atoms with Gasteiger partial charge in [-0.15, -0.1) is 24.0 Å². The smallest absolute Gasteiger partial charge is 0.227 e. The summed E-state index contributed by atoms with van der Waals surface area (Å²) in [5.41, 5.74) is 0.772. The summed E-state index contributed by atoms with van der Waals surface area (Å²) in [5.74, 6) is 0.726. The minimum atomic E-state index is -0.490. The number of aromatic nitrogens is 1.